The molecule has 1 aliphatic carbocycles. The fourth-order valence-corrected chi connectivity index (χ4v) is 5.90. The lowest BCUT2D eigenvalue weighted by molar-refractivity contribution is -0.176. The summed E-state index contributed by atoms with van der Waals surface area (Å²) in [6.45, 7) is 23.6. The van der Waals surface area contributed by atoms with Crippen molar-refractivity contribution in [3.63, 3.8) is 0 Å². The van der Waals surface area contributed by atoms with E-state index in [1.807, 2.05) is 13.8 Å². The summed E-state index contributed by atoms with van der Waals surface area (Å²) in [6, 6.07) is 0. The first-order valence-corrected chi connectivity index (χ1v) is 11.8. The van der Waals surface area contributed by atoms with Gasteiger partial charge in [-0.05, 0) is 62.2 Å². The number of hydrogen-bond donors (Lipinski definition) is 1. The highest BCUT2D eigenvalue weighted by atomic mass is 16.6. The van der Waals surface area contributed by atoms with E-state index in [9.17, 15) is 9.90 Å². The smallest absolute Gasteiger partial charge is 0.313 e. The Labute approximate surface area is 181 Å². The van der Waals surface area contributed by atoms with E-state index in [-0.39, 0.29) is 16.8 Å². The molecule has 3 nitrogen and oxygen atoms in total. The third kappa shape index (κ3) is 7.56. The van der Waals surface area contributed by atoms with Crippen LogP contribution in [0.4, 0.5) is 0 Å². The number of ether oxygens (including phenoxy) is 1. The maximum atomic E-state index is 13.6. The number of aliphatic hydroxyl groups is 1. The molecule has 3 heteroatoms. The van der Waals surface area contributed by atoms with Gasteiger partial charge in [-0.3, -0.25) is 4.79 Å². The van der Waals surface area contributed by atoms with E-state index in [4.69, 9.17) is 4.74 Å². The molecular formula is C26H50O3. The Hall–Kier alpha value is -0.570. The van der Waals surface area contributed by atoms with E-state index in [1.54, 1.807) is 0 Å². The van der Waals surface area contributed by atoms with Gasteiger partial charge in [-0.25, -0.2) is 0 Å². The van der Waals surface area contributed by atoms with E-state index in [0.717, 1.165) is 32.1 Å². The zero-order chi connectivity index (χ0) is 22.9. The van der Waals surface area contributed by atoms with Crippen LogP contribution >= 0.6 is 0 Å². The average Bonchev–Trinajstić information content (AvgIpc) is 2.95. The van der Waals surface area contributed by atoms with E-state index in [1.165, 1.54) is 0 Å². The minimum atomic E-state index is -0.842. The minimum Gasteiger partial charge on any atom is -0.459 e. The van der Waals surface area contributed by atoms with Crippen molar-refractivity contribution >= 4 is 5.97 Å². The first-order chi connectivity index (χ1) is 12.9. The molecule has 0 amide bonds. The molecule has 1 rings (SSSR count). The summed E-state index contributed by atoms with van der Waals surface area (Å²) in [6.07, 6.45) is 5.96. The van der Waals surface area contributed by atoms with Crippen LogP contribution in [0.25, 0.3) is 0 Å². The van der Waals surface area contributed by atoms with Gasteiger partial charge >= 0.3 is 5.97 Å². The molecule has 1 saturated carbocycles. The van der Waals surface area contributed by atoms with Crippen molar-refractivity contribution in [3.05, 3.63) is 0 Å². The van der Waals surface area contributed by atoms with Crippen molar-refractivity contribution < 1.29 is 14.6 Å². The van der Waals surface area contributed by atoms with Crippen LogP contribution in [0.5, 0.6) is 0 Å². The predicted molar refractivity (Wildman–Crippen MR) is 123 cm³/mol. The van der Waals surface area contributed by atoms with Crippen LogP contribution < -0.4 is 0 Å². The molecule has 1 aliphatic rings. The molecule has 0 heterocycles. The summed E-state index contributed by atoms with van der Waals surface area (Å²) in [5, 5.41) is 11.1. The largest absolute Gasteiger partial charge is 0.459 e. The Morgan fingerprint density at radius 1 is 1.07 bits per heavy atom. The zero-order valence-electron chi connectivity index (χ0n) is 21.4. The Morgan fingerprint density at radius 3 is 1.97 bits per heavy atom. The summed E-state index contributed by atoms with van der Waals surface area (Å²) in [7, 11) is 0. The van der Waals surface area contributed by atoms with Gasteiger partial charge in [0.2, 0.25) is 0 Å². The lowest BCUT2D eigenvalue weighted by Gasteiger charge is -2.40. The summed E-state index contributed by atoms with van der Waals surface area (Å²) < 4.78 is 6.38. The lowest BCUT2D eigenvalue weighted by atomic mass is 9.77. The SMILES string of the molecule is CCCC(C)CC(C)(CC(C)(O)CC(C)C)OC(=O)[C@]1(CC(C)(C)C)CC1(C)C. The number of hydrogen-bond acceptors (Lipinski definition) is 3. The highest BCUT2D eigenvalue weighted by Crippen LogP contribution is 2.68. The van der Waals surface area contributed by atoms with Gasteiger partial charge in [0.25, 0.3) is 0 Å². The first-order valence-electron chi connectivity index (χ1n) is 11.8. The molecule has 4 atom stereocenters. The second-order valence-corrected chi connectivity index (χ2v) is 13.1. The minimum absolute atomic E-state index is 0.0201. The van der Waals surface area contributed by atoms with Crippen molar-refractivity contribution in [3.8, 4) is 0 Å². The van der Waals surface area contributed by atoms with Crippen molar-refractivity contribution in [2.24, 2.45) is 28.1 Å². The number of carbonyl (C=O) groups excluding carboxylic acids is 1. The normalized spacial score (nSPS) is 26.5. The van der Waals surface area contributed by atoms with Crippen LogP contribution in [-0.4, -0.2) is 22.3 Å². The molecule has 1 N–H and O–H groups in total. The van der Waals surface area contributed by atoms with Gasteiger partial charge in [-0.2, -0.15) is 0 Å². The Bertz CT molecular complexity index is 555. The molecule has 172 valence electrons. The number of esters is 1. The van der Waals surface area contributed by atoms with Crippen LogP contribution in [-0.2, 0) is 9.53 Å². The molecule has 0 bridgehead atoms. The topological polar surface area (TPSA) is 46.5 Å². The molecule has 0 aromatic rings. The van der Waals surface area contributed by atoms with Gasteiger partial charge in [-0.15, -0.1) is 0 Å². The molecule has 0 aliphatic heterocycles. The third-order valence-corrected chi connectivity index (χ3v) is 6.64. The predicted octanol–water partition coefficient (Wildman–Crippen LogP) is 7.15. The van der Waals surface area contributed by atoms with Gasteiger partial charge in [0.05, 0.1) is 11.0 Å². The molecule has 0 radical (unpaired) electrons. The van der Waals surface area contributed by atoms with Crippen LogP contribution in [0, 0.1) is 28.1 Å². The maximum absolute atomic E-state index is 13.6. The van der Waals surface area contributed by atoms with Gasteiger partial charge in [0.15, 0.2) is 0 Å². The number of carbonyl (C=O) groups is 1. The van der Waals surface area contributed by atoms with Gasteiger partial charge in [0.1, 0.15) is 5.60 Å². The van der Waals surface area contributed by atoms with Crippen LogP contribution in [0.1, 0.15) is 121 Å². The average molecular weight is 411 g/mol. The van der Waals surface area contributed by atoms with E-state index in [0.29, 0.717) is 24.7 Å². The van der Waals surface area contributed by atoms with Crippen molar-refractivity contribution in [1.82, 2.24) is 0 Å². The van der Waals surface area contributed by atoms with Crippen molar-refractivity contribution in [2.45, 2.75) is 132 Å². The third-order valence-electron chi connectivity index (χ3n) is 6.64. The highest BCUT2D eigenvalue weighted by molar-refractivity contribution is 5.82. The Balaban J connectivity index is 3.11. The molecule has 0 saturated heterocycles. The highest BCUT2D eigenvalue weighted by Gasteiger charge is 2.68. The van der Waals surface area contributed by atoms with E-state index < -0.39 is 16.6 Å². The zero-order valence-corrected chi connectivity index (χ0v) is 21.4. The monoisotopic (exact) mass is 410 g/mol. The van der Waals surface area contributed by atoms with Gasteiger partial charge < -0.3 is 9.84 Å². The second kappa shape index (κ2) is 8.89. The molecule has 0 aromatic carbocycles. The van der Waals surface area contributed by atoms with Gasteiger partial charge in [-0.1, -0.05) is 75.2 Å². The van der Waals surface area contributed by atoms with Crippen LogP contribution in [0.2, 0.25) is 0 Å². The fourth-order valence-electron chi connectivity index (χ4n) is 5.90. The molecular weight excluding hydrogens is 360 g/mol. The molecule has 0 spiro atoms. The van der Waals surface area contributed by atoms with Crippen LogP contribution in [0.15, 0.2) is 0 Å². The summed E-state index contributed by atoms with van der Waals surface area (Å²) >= 11 is 0. The van der Waals surface area contributed by atoms with Crippen molar-refractivity contribution in [1.29, 1.82) is 0 Å². The molecule has 29 heavy (non-hydrogen) atoms. The quantitative estimate of drug-likeness (QED) is 0.368. The second-order valence-electron chi connectivity index (χ2n) is 13.1. The maximum Gasteiger partial charge on any atom is 0.313 e. The molecule has 0 aromatic heterocycles. The lowest BCUT2D eigenvalue weighted by Crippen LogP contribution is -2.45. The summed E-state index contributed by atoms with van der Waals surface area (Å²) in [5.74, 6) is 0.801. The summed E-state index contributed by atoms with van der Waals surface area (Å²) in [4.78, 5) is 13.6. The van der Waals surface area contributed by atoms with E-state index in [2.05, 4.69) is 62.3 Å². The molecule has 1 fully saturated rings. The molecule has 3 unspecified atom stereocenters. The van der Waals surface area contributed by atoms with Crippen LogP contribution in [0.3, 0.4) is 0 Å². The Kier molecular flexibility index (Phi) is 8.11. The number of rotatable bonds is 11. The standard InChI is InChI=1S/C26H50O3/c1-12-13-20(4)15-25(11,18-24(10,28)14-19(2)3)29-21(27)26(16-22(5,6)7)17-23(26,8)9/h19-20,28H,12-18H2,1-11H3/t20?,24?,25?,26-/m0/s1. The van der Waals surface area contributed by atoms with Crippen molar-refractivity contribution in [2.75, 3.05) is 0 Å². The Morgan fingerprint density at radius 2 is 1.59 bits per heavy atom. The first kappa shape index (κ1) is 26.5. The van der Waals surface area contributed by atoms with E-state index >= 15 is 0 Å². The summed E-state index contributed by atoms with van der Waals surface area (Å²) in [5.41, 5.74) is -1.83. The van der Waals surface area contributed by atoms with Gasteiger partial charge in [0, 0.05) is 6.42 Å². The fraction of sp³-hybridized carbons (Fsp3) is 0.962.